The summed E-state index contributed by atoms with van der Waals surface area (Å²) in [6.07, 6.45) is -5.77. The second-order valence-corrected chi connectivity index (χ2v) is 9.26. The zero-order valence-corrected chi connectivity index (χ0v) is 18.7. The molecule has 1 aliphatic rings. The molecule has 1 fully saturated rings. The van der Waals surface area contributed by atoms with Crippen LogP contribution in [0.25, 0.3) is 0 Å². The van der Waals surface area contributed by atoms with Gasteiger partial charge in [-0.25, -0.2) is 4.79 Å². The maximum absolute atomic E-state index is 12.4. The Labute approximate surface area is 191 Å². The second-order valence-electron chi connectivity index (χ2n) is 7.62. The molecule has 0 radical (unpaired) electrons. The minimum absolute atomic E-state index is 0.315. The van der Waals surface area contributed by atoms with Crippen molar-refractivity contribution in [1.29, 1.82) is 0 Å². The zero-order chi connectivity index (χ0) is 25.2. The third kappa shape index (κ3) is 5.86. The molecule has 0 aliphatic carbocycles. The van der Waals surface area contributed by atoms with Gasteiger partial charge in [0, 0.05) is 25.0 Å². The van der Waals surface area contributed by atoms with Crippen molar-refractivity contribution in [2.75, 3.05) is 11.9 Å². The van der Waals surface area contributed by atoms with Crippen molar-refractivity contribution < 1.29 is 38.9 Å². The molecule has 2 heterocycles. The molecule has 34 heavy (non-hydrogen) atoms. The number of aliphatic hydroxyl groups excluding tert-OH is 2. The van der Waals surface area contributed by atoms with Gasteiger partial charge in [0.15, 0.2) is 12.3 Å². The number of nitrogens with one attached hydrogen (secondary N) is 2. The molecule has 0 bridgehead atoms. The van der Waals surface area contributed by atoms with E-state index in [0.717, 1.165) is 21.4 Å². The van der Waals surface area contributed by atoms with Crippen molar-refractivity contribution in [2.24, 2.45) is 7.05 Å². The minimum Gasteiger partial charge on any atom is -0.387 e. The summed E-state index contributed by atoms with van der Waals surface area (Å²) in [4.78, 5) is 66.3. The molecule has 1 aromatic heterocycles. The molecule has 1 aliphatic heterocycles. The molecule has 2 amide bonds. The Morgan fingerprint density at radius 2 is 1.74 bits per heavy atom. The Bertz CT molecular complexity index is 1230. The van der Waals surface area contributed by atoms with E-state index in [0.29, 0.717) is 11.3 Å². The zero-order valence-electron chi connectivity index (χ0n) is 17.8. The highest BCUT2D eigenvalue weighted by Gasteiger charge is 2.47. The molecular formula is C19H23N4O10P. The van der Waals surface area contributed by atoms with Gasteiger partial charge in [-0.3, -0.25) is 28.1 Å². The molecule has 184 valence electrons. The van der Waals surface area contributed by atoms with Crippen LogP contribution < -0.4 is 21.9 Å². The predicted octanol–water partition coefficient (Wildman–Crippen LogP) is -2.40. The monoisotopic (exact) mass is 498 g/mol. The third-order valence-electron chi connectivity index (χ3n) is 5.04. The fraction of sp³-hybridized carbons (Fsp3) is 0.368. The average molecular weight is 498 g/mol. The smallest absolute Gasteiger partial charge is 0.332 e. The fourth-order valence-corrected chi connectivity index (χ4v) is 3.98. The van der Waals surface area contributed by atoms with Crippen molar-refractivity contribution >= 4 is 25.1 Å². The number of aromatic nitrogens is 2. The van der Waals surface area contributed by atoms with Crippen molar-refractivity contribution in [3.63, 3.8) is 0 Å². The predicted molar refractivity (Wildman–Crippen MR) is 116 cm³/mol. The first kappa shape index (κ1) is 25.5. The van der Waals surface area contributed by atoms with E-state index in [1.165, 1.54) is 31.3 Å². The van der Waals surface area contributed by atoms with Gasteiger partial charge in [0.2, 0.25) is 5.91 Å². The van der Waals surface area contributed by atoms with Gasteiger partial charge in [-0.15, -0.1) is 0 Å². The van der Waals surface area contributed by atoms with Gasteiger partial charge >= 0.3 is 13.3 Å². The lowest BCUT2D eigenvalue weighted by Crippen LogP contribution is -2.45. The molecule has 14 nitrogen and oxygen atoms in total. The van der Waals surface area contributed by atoms with Gasteiger partial charge in [-0.05, 0) is 17.7 Å². The summed E-state index contributed by atoms with van der Waals surface area (Å²) < 4.78 is 18.0. The van der Waals surface area contributed by atoms with Crippen LogP contribution in [0.15, 0.2) is 46.1 Å². The number of hydrogen-bond donors (Lipinski definition) is 6. The summed E-state index contributed by atoms with van der Waals surface area (Å²) >= 11 is 0. The third-order valence-corrected chi connectivity index (χ3v) is 5.81. The topological polar surface area (TPSA) is 209 Å². The highest BCUT2D eigenvalue weighted by molar-refractivity contribution is 7.50. The van der Waals surface area contributed by atoms with Crippen LogP contribution in [0.5, 0.6) is 0 Å². The number of amides is 2. The highest BCUT2D eigenvalue weighted by Crippen LogP contribution is 2.39. The van der Waals surface area contributed by atoms with Gasteiger partial charge in [0.1, 0.15) is 12.2 Å². The molecule has 0 saturated carbocycles. The largest absolute Gasteiger partial charge is 0.387 e. The Morgan fingerprint density at radius 3 is 2.35 bits per heavy atom. The normalized spacial score (nSPS) is 22.4. The number of hydrogen-bond acceptors (Lipinski definition) is 8. The maximum atomic E-state index is 12.4. The van der Waals surface area contributed by atoms with Crippen LogP contribution in [0, 0.1) is 0 Å². The summed E-state index contributed by atoms with van der Waals surface area (Å²) in [7, 11) is -3.01. The number of benzene rings is 1. The van der Waals surface area contributed by atoms with E-state index in [4.69, 9.17) is 14.5 Å². The summed E-state index contributed by atoms with van der Waals surface area (Å²) in [5.41, 5.74) is -0.727. The van der Waals surface area contributed by atoms with Crippen LogP contribution in [0.1, 0.15) is 11.8 Å². The number of carbonyl (C=O) groups excluding carboxylic acids is 2. The number of aliphatic hydroxyl groups is 2. The van der Waals surface area contributed by atoms with Crippen molar-refractivity contribution in [2.45, 2.75) is 30.7 Å². The van der Waals surface area contributed by atoms with Gasteiger partial charge in [-0.2, -0.15) is 0 Å². The molecule has 0 unspecified atom stereocenters. The Kier molecular flexibility index (Phi) is 7.51. The van der Waals surface area contributed by atoms with Crippen LogP contribution >= 0.6 is 7.60 Å². The van der Waals surface area contributed by atoms with E-state index in [1.807, 2.05) is 0 Å². The van der Waals surface area contributed by atoms with Gasteiger partial charge < -0.3 is 35.4 Å². The minimum atomic E-state index is -4.22. The molecule has 4 atom stereocenters. The summed E-state index contributed by atoms with van der Waals surface area (Å²) in [6.45, 7) is -0.518. The van der Waals surface area contributed by atoms with E-state index >= 15 is 0 Å². The molecule has 1 saturated heterocycles. The number of anilines is 1. The van der Waals surface area contributed by atoms with E-state index < -0.39 is 67.9 Å². The lowest BCUT2D eigenvalue weighted by molar-refractivity contribution is -0.138. The van der Waals surface area contributed by atoms with Crippen molar-refractivity contribution in [1.82, 2.24) is 14.5 Å². The van der Waals surface area contributed by atoms with E-state index in [2.05, 4.69) is 10.6 Å². The molecule has 15 heteroatoms. The van der Waals surface area contributed by atoms with E-state index in [-0.39, 0.29) is 0 Å². The lowest BCUT2D eigenvalue weighted by Gasteiger charge is -2.17. The Balaban J connectivity index is 1.58. The first-order valence-corrected chi connectivity index (χ1v) is 11.7. The van der Waals surface area contributed by atoms with Gasteiger partial charge in [-0.1, -0.05) is 12.1 Å². The molecule has 0 spiro atoms. The Hall–Kier alpha value is -3.13. The fourth-order valence-electron chi connectivity index (χ4n) is 3.29. The average Bonchev–Trinajstić information content (AvgIpc) is 3.05. The van der Waals surface area contributed by atoms with Crippen molar-refractivity contribution in [3.8, 4) is 0 Å². The molecule has 6 N–H and O–H groups in total. The number of nitrogens with zero attached hydrogens (tertiary/aromatic N) is 2. The summed E-state index contributed by atoms with van der Waals surface area (Å²) in [6, 6.07) is 6.78. The standard InChI is InChI=1S/C19H23N4O10P/c1-22-13(25)6-7-23(19(22)29)18-15(27)14(26)16(33-18)17(28)20-8-12(24)21-11-4-2-10(3-5-11)9-34(30,31)32/h2-7,14-16,18,26-27H,8-9H2,1H3,(H,20,28)(H,21,24)(H2,30,31,32)/t14-,15+,16+,18-/m1/s1. The van der Waals surface area contributed by atoms with Crippen molar-refractivity contribution in [3.05, 3.63) is 62.9 Å². The molecule has 3 rings (SSSR count). The first-order valence-electron chi connectivity index (χ1n) is 9.88. The molecular weight excluding hydrogens is 475 g/mol. The number of ether oxygens (including phenoxy) is 1. The maximum Gasteiger partial charge on any atom is 0.332 e. The highest BCUT2D eigenvalue weighted by atomic mass is 31.2. The lowest BCUT2D eigenvalue weighted by atomic mass is 10.1. The van der Waals surface area contributed by atoms with Crippen LogP contribution in [-0.4, -0.2) is 65.8 Å². The summed E-state index contributed by atoms with van der Waals surface area (Å²) in [5, 5.41) is 25.2. The van der Waals surface area contributed by atoms with E-state index in [1.54, 1.807) is 0 Å². The van der Waals surface area contributed by atoms with Crippen LogP contribution in [0.3, 0.4) is 0 Å². The number of rotatable bonds is 7. The van der Waals surface area contributed by atoms with Gasteiger partial charge in [0.25, 0.3) is 11.5 Å². The number of carbonyl (C=O) groups is 2. The first-order chi connectivity index (χ1) is 15.9. The van der Waals surface area contributed by atoms with Crippen LogP contribution in [-0.2, 0) is 32.1 Å². The molecule has 1 aromatic carbocycles. The van der Waals surface area contributed by atoms with Crippen LogP contribution in [0.4, 0.5) is 5.69 Å². The SMILES string of the molecule is Cn1c(=O)ccn([C@@H]2O[C@H](C(=O)NCC(=O)Nc3ccc(CP(=O)(O)O)cc3)[C@H](O)[C@@H]2O)c1=O. The van der Waals surface area contributed by atoms with E-state index in [9.17, 15) is 34.0 Å². The quantitative estimate of drug-likeness (QED) is 0.223. The van der Waals surface area contributed by atoms with Crippen LogP contribution in [0.2, 0.25) is 0 Å². The summed E-state index contributed by atoms with van der Waals surface area (Å²) in [5.74, 6) is -1.56. The molecule has 2 aromatic rings. The second kappa shape index (κ2) is 10.0. The van der Waals surface area contributed by atoms with Gasteiger partial charge in [0.05, 0.1) is 12.7 Å². The Morgan fingerprint density at radius 1 is 1.09 bits per heavy atom.